The van der Waals surface area contributed by atoms with E-state index in [0.29, 0.717) is 5.56 Å². The van der Waals surface area contributed by atoms with Gasteiger partial charge in [-0.25, -0.2) is 4.79 Å². The molecule has 1 saturated heterocycles. The van der Waals surface area contributed by atoms with E-state index < -0.39 is 30.1 Å². The molecule has 1 aromatic rings. The van der Waals surface area contributed by atoms with Gasteiger partial charge in [0, 0.05) is 27.4 Å². The molecule has 1 fully saturated rings. The van der Waals surface area contributed by atoms with Gasteiger partial charge < -0.3 is 18.9 Å². The first-order valence-corrected chi connectivity index (χ1v) is 7.94. The molecule has 1 aliphatic heterocycles. The maximum absolute atomic E-state index is 12.1. The molecule has 0 aromatic heterocycles. The molecule has 0 amide bonds. The van der Waals surface area contributed by atoms with Gasteiger partial charge in [0.2, 0.25) is 0 Å². The molecule has 0 saturated carbocycles. The minimum Gasteiger partial charge on any atom is -0.455 e. The van der Waals surface area contributed by atoms with Crippen LogP contribution < -0.4 is 9.47 Å². The maximum Gasteiger partial charge on any atom is 0.336 e. The highest BCUT2D eigenvalue weighted by Gasteiger charge is 2.40. The highest BCUT2D eigenvalue weighted by Crippen LogP contribution is 2.45. The third kappa shape index (κ3) is 3.91. The maximum atomic E-state index is 12.1. The van der Waals surface area contributed by atoms with Crippen LogP contribution in [0.3, 0.4) is 0 Å². The molecular weight excluding hydrogens is 344 g/mol. The Morgan fingerprint density at radius 2 is 1.65 bits per heavy atom. The van der Waals surface area contributed by atoms with Gasteiger partial charge in [-0.2, -0.15) is 0 Å². The van der Waals surface area contributed by atoms with Crippen LogP contribution in [0.15, 0.2) is 6.07 Å². The monoisotopic (exact) mass is 364 g/mol. The van der Waals surface area contributed by atoms with Crippen LogP contribution >= 0.6 is 0 Å². The molecule has 0 unspecified atom stereocenters. The van der Waals surface area contributed by atoms with Crippen molar-refractivity contribution in [2.75, 3.05) is 7.11 Å². The van der Waals surface area contributed by atoms with E-state index in [1.165, 1.54) is 33.9 Å². The van der Waals surface area contributed by atoms with Crippen molar-refractivity contribution in [3.63, 3.8) is 0 Å². The molecule has 0 N–H and O–H groups in total. The van der Waals surface area contributed by atoms with Gasteiger partial charge in [0.25, 0.3) is 0 Å². The van der Waals surface area contributed by atoms with E-state index in [9.17, 15) is 19.2 Å². The molecule has 0 spiro atoms. The van der Waals surface area contributed by atoms with E-state index >= 15 is 0 Å². The second-order valence-electron chi connectivity index (χ2n) is 5.94. The number of cyclic esters (lactones) is 1. The summed E-state index contributed by atoms with van der Waals surface area (Å²) in [5.74, 6) is -2.21. The molecule has 2 atom stereocenters. The average Bonchev–Trinajstić information content (AvgIpc) is 2.89. The Labute approximate surface area is 150 Å². The van der Waals surface area contributed by atoms with Crippen LogP contribution in [0.25, 0.3) is 0 Å². The van der Waals surface area contributed by atoms with Crippen molar-refractivity contribution >= 4 is 23.7 Å². The Balaban J connectivity index is 2.73. The van der Waals surface area contributed by atoms with E-state index in [4.69, 9.17) is 18.9 Å². The highest BCUT2D eigenvalue weighted by atomic mass is 16.6. The van der Waals surface area contributed by atoms with Gasteiger partial charge in [-0.15, -0.1) is 0 Å². The summed E-state index contributed by atoms with van der Waals surface area (Å²) < 4.78 is 20.9. The van der Waals surface area contributed by atoms with Crippen molar-refractivity contribution in [1.29, 1.82) is 0 Å². The number of ketones is 1. The van der Waals surface area contributed by atoms with Crippen molar-refractivity contribution < 1.29 is 38.1 Å². The zero-order chi connectivity index (χ0) is 19.6. The number of Topliss-reactive ketones (excluding diaryl/α,β-unsaturated/α-hetero) is 1. The molecule has 8 nitrogen and oxygen atoms in total. The molecule has 26 heavy (non-hydrogen) atoms. The van der Waals surface area contributed by atoms with Crippen molar-refractivity contribution in [1.82, 2.24) is 0 Å². The highest BCUT2D eigenvalue weighted by molar-refractivity contribution is 5.99. The summed E-state index contributed by atoms with van der Waals surface area (Å²) in [7, 11) is 1.37. The minimum absolute atomic E-state index is 0.0820. The van der Waals surface area contributed by atoms with Crippen LogP contribution in [0, 0.1) is 6.92 Å². The fraction of sp³-hybridized carbons (Fsp3) is 0.444. The van der Waals surface area contributed by atoms with Crippen LogP contribution in [0.2, 0.25) is 0 Å². The van der Waals surface area contributed by atoms with Gasteiger partial charge in [0.1, 0.15) is 11.9 Å². The number of hydrogen-bond donors (Lipinski definition) is 0. The van der Waals surface area contributed by atoms with Gasteiger partial charge in [-0.05, 0) is 25.5 Å². The van der Waals surface area contributed by atoms with Crippen LogP contribution in [0.4, 0.5) is 0 Å². The third-order valence-corrected chi connectivity index (χ3v) is 3.88. The lowest BCUT2D eigenvalue weighted by atomic mass is 9.95. The summed E-state index contributed by atoms with van der Waals surface area (Å²) in [5.41, 5.74) is 0.752. The van der Waals surface area contributed by atoms with Crippen LogP contribution in [-0.2, 0) is 23.9 Å². The van der Waals surface area contributed by atoms with Crippen LogP contribution in [0.5, 0.6) is 11.5 Å². The van der Waals surface area contributed by atoms with Gasteiger partial charge in [0.15, 0.2) is 17.6 Å². The van der Waals surface area contributed by atoms with E-state index in [2.05, 4.69) is 0 Å². The normalized spacial score (nSPS) is 19.0. The summed E-state index contributed by atoms with van der Waals surface area (Å²) in [4.78, 5) is 47.1. The predicted molar refractivity (Wildman–Crippen MR) is 88.0 cm³/mol. The molecule has 0 bridgehead atoms. The second kappa shape index (κ2) is 7.65. The predicted octanol–water partition coefficient (Wildman–Crippen LogP) is 2.05. The number of hydrogen-bond acceptors (Lipinski definition) is 8. The zero-order valence-corrected chi connectivity index (χ0v) is 15.2. The molecule has 1 heterocycles. The van der Waals surface area contributed by atoms with Crippen LogP contribution in [0.1, 0.15) is 54.8 Å². The molecular formula is C18H20O8. The first-order valence-electron chi connectivity index (χ1n) is 7.94. The van der Waals surface area contributed by atoms with E-state index in [-0.39, 0.29) is 34.8 Å². The SMILES string of the molecule is CO[C@H]1C[C@@H](c2c(OC(C)=O)c(C)cc(C(C)=O)c2OC(C)=O)OC1=O. The topological polar surface area (TPSA) is 105 Å². The molecule has 8 heteroatoms. The van der Waals surface area contributed by atoms with Crippen molar-refractivity contribution in [2.45, 2.75) is 46.3 Å². The van der Waals surface area contributed by atoms with Crippen molar-refractivity contribution in [3.8, 4) is 11.5 Å². The molecule has 2 rings (SSSR count). The number of methoxy groups -OCH3 is 1. The molecule has 140 valence electrons. The van der Waals surface area contributed by atoms with Crippen LogP contribution in [-0.4, -0.2) is 36.9 Å². The fourth-order valence-electron chi connectivity index (χ4n) is 2.82. The zero-order valence-electron chi connectivity index (χ0n) is 15.2. The van der Waals surface area contributed by atoms with Gasteiger partial charge in [0.05, 0.1) is 11.1 Å². The Bertz CT molecular complexity index is 780. The quantitative estimate of drug-likeness (QED) is 0.444. The van der Waals surface area contributed by atoms with Gasteiger partial charge in [-0.1, -0.05) is 0 Å². The first-order chi connectivity index (χ1) is 12.1. The number of carbonyl (C=O) groups excluding carboxylic acids is 4. The lowest BCUT2D eigenvalue weighted by molar-refractivity contribution is -0.148. The van der Waals surface area contributed by atoms with Crippen molar-refractivity contribution in [3.05, 3.63) is 22.8 Å². The summed E-state index contributed by atoms with van der Waals surface area (Å²) in [6.07, 6.45) is -1.58. The Morgan fingerprint density at radius 3 is 2.12 bits per heavy atom. The summed E-state index contributed by atoms with van der Waals surface area (Å²) in [6, 6.07) is 1.47. The average molecular weight is 364 g/mol. The molecule has 1 aromatic carbocycles. The van der Waals surface area contributed by atoms with Crippen molar-refractivity contribution in [2.24, 2.45) is 0 Å². The molecule has 0 radical (unpaired) electrons. The largest absolute Gasteiger partial charge is 0.455 e. The Kier molecular flexibility index (Phi) is 5.76. The number of carbonyl (C=O) groups is 4. The summed E-state index contributed by atoms with van der Waals surface area (Å²) >= 11 is 0. The molecule has 0 aliphatic carbocycles. The summed E-state index contributed by atoms with van der Waals surface area (Å²) in [5, 5.41) is 0. The van der Waals surface area contributed by atoms with E-state index in [1.54, 1.807) is 6.92 Å². The summed E-state index contributed by atoms with van der Waals surface area (Å²) in [6.45, 7) is 5.34. The smallest absolute Gasteiger partial charge is 0.336 e. The first kappa shape index (κ1) is 19.6. The standard InChI is InChI=1S/C18H20O8/c1-8-6-12(9(2)19)17(25-11(4)21)15(16(8)24-10(3)20)13-7-14(23-5)18(22)26-13/h6,13-14H,7H2,1-5H3/t13-,14-/m0/s1. The number of rotatable bonds is 5. The fourth-order valence-corrected chi connectivity index (χ4v) is 2.82. The minimum atomic E-state index is -0.894. The number of benzene rings is 1. The van der Waals surface area contributed by atoms with Gasteiger partial charge >= 0.3 is 17.9 Å². The van der Waals surface area contributed by atoms with E-state index in [1.807, 2.05) is 0 Å². The molecule has 1 aliphatic rings. The number of ether oxygens (including phenoxy) is 4. The lowest BCUT2D eigenvalue weighted by Crippen LogP contribution is -2.15. The lowest BCUT2D eigenvalue weighted by Gasteiger charge is -2.21. The second-order valence-corrected chi connectivity index (χ2v) is 5.94. The van der Waals surface area contributed by atoms with Gasteiger partial charge in [-0.3, -0.25) is 14.4 Å². The number of esters is 3. The van der Waals surface area contributed by atoms with E-state index in [0.717, 1.165) is 0 Å². The Morgan fingerprint density at radius 1 is 1.08 bits per heavy atom. The number of aryl methyl sites for hydroxylation is 1. The third-order valence-electron chi connectivity index (χ3n) is 3.88. The Hall–Kier alpha value is -2.74.